The third-order valence-electron chi connectivity index (χ3n) is 2.74. The van der Waals surface area contributed by atoms with Crippen molar-refractivity contribution in [3.8, 4) is 5.75 Å². The molecule has 17 heavy (non-hydrogen) atoms. The molecule has 3 aromatic rings. The second-order valence-corrected chi connectivity index (χ2v) is 3.72. The molecule has 84 valence electrons. The number of rotatable bonds is 1. The van der Waals surface area contributed by atoms with E-state index in [1.165, 1.54) is 0 Å². The minimum absolute atomic E-state index is 0.466. The van der Waals surface area contributed by atoms with Crippen molar-refractivity contribution >= 4 is 22.1 Å². The Morgan fingerprint density at radius 2 is 1.82 bits per heavy atom. The van der Waals surface area contributed by atoms with Crippen LogP contribution in [0.25, 0.3) is 22.1 Å². The summed E-state index contributed by atoms with van der Waals surface area (Å²) in [7, 11) is 1.55. The second kappa shape index (κ2) is 3.59. The van der Waals surface area contributed by atoms with Gasteiger partial charge in [-0.1, -0.05) is 18.2 Å². The van der Waals surface area contributed by atoms with Crippen molar-refractivity contribution in [3.63, 3.8) is 0 Å². The van der Waals surface area contributed by atoms with Gasteiger partial charge in [-0.2, -0.15) is 4.73 Å². The van der Waals surface area contributed by atoms with Crippen LogP contribution in [0.2, 0.25) is 0 Å². The molecule has 0 saturated carbocycles. The molecule has 0 amide bonds. The van der Waals surface area contributed by atoms with Crippen molar-refractivity contribution in [2.45, 2.75) is 0 Å². The minimum Gasteiger partial charge on any atom is -0.618 e. The monoisotopic (exact) mass is 226 g/mol. The van der Waals surface area contributed by atoms with Gasteiger partial charge in [-0.3, -0.25) is 0 Å². The molecule has 0 fully saturated rings. The molecule has 0 bridgehead atoms. The summed E-state index contributed by atoms with van der Waals surface area (Å²) < 4.78 is 6.07. The Balaban J connectivity index is 2.55. The Morgan fingerprint density at radius 1 is 1.06 bits per heavy atom. The number of para-hydroxylation sites is 3. The average molecular weight is 226 g/mol. The highest BCUT2D eigenvalue weighted by Crippen LogP contribution is 2.22. The number of benzene rings is 2. The molecule has 0 aliphatic rings. The fraction of sp³-hybridized carbons (Fsp3) is 0.0769. The van der Waals surface area contributed by atoms with Crippen LogP contribution in [0.5, 0.6) is 5.75 Å². The summed E-state index contributed by atoms with van der Waals surface area (Å²) in [5.41, 5.74) is 2.33. The van der Waals surface area contributed by atoms with Crippen LogP contribution in [0.1, 0.15) is 0 Å². The third kappa shape index (κ3) is 1.38. The summed E-state index contributed by atoms with van der Waals surface area (Å²) in [6.07, 6.45) is 0. The van der Waals surface area contributed by atoms with E-state index in [-0.39, 0.29) is 0 Å². The molecular weight excluding hydrogens is 216 g/mol. The predicted molar refractivity (Wildman–Crippen MR) is 64.8 cm³/mol. The molecule has 0 N–H and O–H groups in total. The number of hydrogen-bond acceptors (Lipinski definition) is 3. The number of nitrogens with zero attached hydrogens (tertiary/aromatic N) is 2. The van der Waals surface area contributed by atoms with E-state index >= 15 is 0 Å². The average Bonchev–Trinajstić information content (AvgIpc) is 2.38. The minimum atomic E-state index is 0.466. The van der Waals surface area contributed by atoms with Gasteiger partial charge in [0.2, 0.25) is 5.52 Å². The molecule has 1 heterocycles. The summed E-state index contributed by atoms with van der Waals surface area (Å²) in [5.74, 6) is 0.538. The zero-order valence-corrected chi connectivity index (χ0v) is 9.25. The van der Waals surface area contributed by atoms with Crippen molar-refractivity contribution in [2.75, 3.05) is 7.11 Å². The van der Waals surface area contributed by atoms with Gasteiger partial charge in [0, 0.05) is 6.07 Å². The van der Waals surface area contributed by atoms with E-state index in [1.54, 1.807) is 25.3 Å². The SMILES string of the molecule is COc1cccc2nc3ccccc3[n+]([O-])c12. The lowest BCUT2D eigenvalue weighted by Gasteiger charge is -2.07. The molecule has 0 radical (unpaired) electrons. The maximum Gasteiger partial charge on any atom is 0.285 e. The van der Waals surface area contributed by atoms with Crippen LogP contribution in [0.15, 0.2) is 42.5 Å². The van der Waals surface area contributed by atoms with E-state index in [9.17, 15) is 5.21 Å². The maximum atomic E-state index is 12.3. The Labute approximate surface area is 97.7 Å². The lowest BCUT2D eigenvalue weighted by molar-refractivity contribution is -0.548. The van der Waals surface area contributed by atoms with Gasteiger partial charge < -0.3 is 9.94 Å². The molecular formula is C13H10N2O2. The summed E-state index contributed by atoms with van der Waals surface area (Å²) in [5, 5.41) is 12.3. The van der Waals surface area contributed by atoms with Crippen LogP contribution >= 0.6 is 0 Å². The van der Waals surface area contributed by atoms with E-state index in [1.807, 2.05) is 24.3 Å². The number of methoxy groups -OCH3 is 1. The van der Waals surface area contributed by atoms with Gasteiger partial charge in [0.25, 0.3) is 5.52 Å². The van der Waals surface area contributed by atoms with E-state index in [4.69, 9.17) is 4.74 Å². The molecule has 0 unspecified atom stereocenters. The van der Waals surface area contributed by atoms with Gasteiger partial charge in [-0.05, 0) is 18.2 Å². The van der Waals surface area contributed by atoms with Crippen LogP contribution in [-0.4, -0.2) is 12.1 Å². The Bertz CT molecular complexity index is 710. The molecule has 3 rings (SSSR count). The van der Waals surface area contributed by atoms with Crippen LogP contribution in [0, 0.1) is 5.21 Å². The second-order valence-electron chi connectivity index (χ2n) is 3.72. The molecule has 0 aliphatic carbocycles. The highest BCUT2D eigenvalue weighted by molar-refractivity contribution is 5.84. The van der Waals surface area contributed by atoms with E-state index < -0.39 is 0 Å². The molecule has 0 saturated heterocycles. The first-order chi connectivity index (χ1) is 8.31. The smallest absolute Gasteiger partial charge is 0.285 e. The van der Waals surface area contributed by atoms with Gasteiger partial charge in [-0.25, -0.2) is 4.98 Å². The summed E-state index contributed by atoms with van der Waals surface area (Å²) >= 11 is 0. The Morgan fingerprint density at radius 3 is 2.65 bits per heavy atom. The molecule has 0 aliphatic heterocycles. The number of ether oxygens (including phenoxy) is 1. The third-order valence-corrected chi connectivity index (χ3v) is 2.74. The van der Waals surface area contributed by atoms with E-state index in [0.717, 1.165) is 4.73 Å². The van der Waals surface area contributed by atoms with Crippen LogP contribution < -0.4 is 9.47 Å². The zero-order chi connectivity index (χ0) is 11.8. The van der Waals surface area contributed by atoms with Crippen molar-refractivity contribution in [2.24, 2.45) is 0 Å². The lowest BCUT2D eigenvalue weighted by atomic mass is 10.2. The first-order valence-electron chi connectivity index (χ1n) is 5.26. The van der Waals surface area contributed by atoms with Crippen LogP contribution in [0.3, 0.4) is 0 Å². The van der Waals surface area contributed by atoms with Crippen LogP contribution in [0.4, 0.5) is 0 Å². The standard InChI is InChI=1S/C13H10N2O2/c1-17-12-8-4-6-10-13(12)15(16)11-7-3-2-5-9(11)14-10/h2-8H,1H3. The summed E-state index contributed by atoms with van der Waals surface area (Å²) in [6.45, 7) is 0. The predicted octanol–water partition coefficient (Wildman–Crippen LogP) is 2.03. The first kappa shape index (κ1) is 9.84. The Hall–Kier alpha value is -2.36. The Kier molecular flexibility index (Phi) is 2.08. The summed E-state index contributed by atoms with van der Waals surface area (Å²) in [6, 6.07) is 12.6. The fourth-order valence-electron chi connectivity index (χ4n) is 1.95. The quantitative estimate of drug-likeness (QED) is 0.362. The fourth-order valence-corrected chi connectivity index (χ4v) is 1.95. The number of aromatic nitrogens is 2. The number of hydrogen-bond donors (Lipinski definition) is 0. The molecule has 2 aromatic carbocycles. The lowest BCUT2D eigenvalue weighted by Crippen LogP contribution is -2.29. The first-order valence-corrected chi connectivity index (χ1v) is 5.26. The maximum absolute atomic E-state index is 12.3. The molecule has 4 nitrogen and oxygen atoms in total. The van der Waals surface area contributed by atoms with Gasteiger partial charge in [0.05, 0.1) is 7.11 Å². The van der Waals surface area contributed by atoms with E-state index in [0.29, 0.717) is 27.8 Å². The van der Waals surface area contributed by atoms with Crippen LogP contribution in [-0.2, 0) is 0 Å². The molecule has 0 spiro atoms. The van der Waals surface area contributed by atoms with E-state index in [2.05, 4.69) is 4.98 Å². The van der Waals surface area contributed by atoms with Gasteiger partial charge in [0.15, 0.2) is 5.75 Å². The largest absolute Gasteiger partial charge is 0.618 e. The van der Waals surface area contributed by atoms with Crippen molar-refractivity contribution in [1.29, 1.82) is 0 Å². The molecule has 1 aromatic heterocycles. The highest BCUT2D eigenvalue weighted by atomic mass is 16.5. The normalized spacial score (nSPS) is 10.9. The van der Waals surface area contributed by atoms with Gasteiger partial charge in [-0.15, -0.1) is 0 Å². The highest BCUT2D eigenvalue weighted by Gasteiger charge is 2.15. The van der Waals surface area contributed by atoms with Gasteiger partial charge >= 0.3 is 0 Å². The van der Waals surface area contributed by atoms with Crippen molar-refractivity contribution in [3.05, 3.63) is 47.7 Å². The van der Waals surface area contributed by atoms with Gasteiger partial charge in [0.1, 0.15) is 11.0 Å². The van der Waals surface area contributed by atoms with Crippen molar-refractivity contribution in [1.82, 2.24) is 4.98 Å². The summed E-state index contributed by atoms with van der Waals surface area (Å²) in [4.78, 5) is 4.45. The number of fused-ring (bicyclic) bond motifs is 2. The van der Waals surface area contributed by atoms with Crippen molar-refractivity contribution < 1.29 is 9.47 Å². The molecule has 0 atom stereocenters. The molecule has 4 heteroatoms. The topological polar surface area (TPSA) is 49.1 Å². The zero-order valence-electron chi connectivity index (χ0n) is 9.25.